The largest absolute Gasteiger partial charge is 0.392 e. The number of benzene rings is 1. The van der Waals surface area contributed by atoms with Crippen molar-refractivity contribution in [1.29, 1.82) is 0 Å². The number of aliphatic hydroxyl groups excluding tert-OH is 1. The second-order valence-corrected chi connectivity index (χ2v) is 6.18. The van der Waals surface area contributed by atoms with Crippen molar-refractivity contribution in [2.24, 2.45) is 0 Å². The highest BCUT2D eigenvalue weighted by Gasteiger charge is 2.11. The topological polar surface area (TPSA) is 79.3 Å². The van der Waals surface area contributed by atoms with E-state index in [1.54, 1.807) is 42.6 Å². The Kier molecular flexibility index (Phi) is 4.84. The van der Waals surface area contributed by atoms with Gasteiger partial charge in [-0.05, 0) is 23.3 Å². The van der Waals surface area contributed by atoms with Crippen LogP contribution in [0.5, 0.6) is 0 Å². The molecule has 1 aromatic carbocycles. The summed E-state index contributed by atoms with van der Waals surface area (Å²) < 4.78 is 26.4. The Hall–Kier alpha value is -1.76. The van der Waals surface area contributed by atoms with Crippen LogP contribution in [0.15, 0.2) is 48.7 Å². The molecule has 0 aliphatic carbocycles. The van der Waals surface area contributed by atoms with E-state index in [1.807, 2.05) is 6.07 Å². The smallest absolute Gasteiger partial charge is 0.216 e. The summed E-state index contributed by atoms with van der Waals surface area (Å²) in [4.78, 5) is 4.06. The van der Waals surface area contributed by atoms with Gasteiger partial charge in [0.1, 0.15) is 0 Å². The van der Waals surface area contributed by atoms with Crippen LogP contribution >= 0.6 is 0 Å². The van der Waals surface area contributed by atoms with Crippen molar-refractivity contribution in [3.05, 3.63) is 65.5 Å². The van der Waals surface area contributed by atoms with Crippen molar-refractivity contribution in [1.82, 2.24) is 9.71 Å². The molecular weight excluding hydrogens is 276 g/mol. The average Bonchev–Trinajstić information content (AvgIpc) is 2.47. The molecule has 5 nitrogen and oxygen atoms in total. The summed E-state index contributed by atoms with van der Waals surface area (Å²) in [5.41, 5.74) is 2.11. The molecule has 20 heavy (non-hydrogen) atoms. The standard InChI is InChI=1S/C14H16N2O3S/c17-10-12-4-6-13(7-5-12)11-20(18,19)16-9-14-3-1-2-8-15-14/h1-8,16-17H,9-11H2. The lowest BCUT2D eigenvalue weighted by Gasteiger charge is -2.07. The fraction of sp³-hybridized carbons (Fsp3) is 0.214. The Labute approximate surface area is 118 Å². The monoisotopic (exact) mass is 292 g/mol. The van der Waals surface area contributed by atoms with Crippen molar-refractivity contribution < 1.29 is 13.5 Å². The van der Waals surface area contributed by atoms with Gasteiger partial charge in [0.2, 0.25) is 10.0 Å². The third-order valence-electron chi connectivity index (χ3n) is 2.76. The van der Waals surface area contributed by atoms with Gasteiger partial charge in [-0.1, -0.05) is 30.3 Å². The van der Waals surface area contributed by atoms with E-state index in [4.69, 9.17) is 5.11 Å². The van der Waals surface area contributed by atoms with Crippen LogP contribution in [0.25, 0.3) is 0 Å². The Morgan fingerprint density at radius 2 is 1.75 bits per heavy atom. The lowest BCUT2D eigenvalue weighted by molar-refractivity contribution is 0.282. The fourth-order valence-corrected chi connectivity index (χ4v) is 2.80. The summed E-state index contributed by atoms with van der Waals surface area (Å²) in [5.74, 6) is -0.0917. The number of hydrogen-bond donors (Lipinski definition) is 2. The number of nitrogens with one attached hydrogen (secondary N) is 1. The van der Waals surface area contributed by atoms with Crippen molar-refractivity contribution in [2.75, 3.05) is 0 Å². The van der Waals surface area contributed by atoms with E-state index < -0.39 is 10.0 Å². The minimum absolute atomic E-state index is 0.0506. The van der Waals surface area contributed by atoms with Crippen LogP contribution < -0.4 is 4.72 Å². The number of aliphatic hydroxyl groups is 1. The molecule has 2 rings (SSSR count). The van der Waals surface area contributed by atoms with Gasteiger partial charge in [-0.15, -0.1) is 0 Å². The zero-order valence-electron chi connectivity index (χ0n) is 10.9. The molecule has 2 N–H and O–H groups in total. The highest BCUT2D eigenvalue weighted by molar-refractivity contribution is 7.88. The van der Waals surface area contributed by atoms with Crippen molar-refractivity contribution >= 4 is 10.0 Å². The summed E-state index contributed by atoms with van der Waals surface area (Å²) in [6.45, 7) is 0.128. The van der Waals surface area contributed by atoms with E-state index in [2.05, 4.69) is 9.71 Å². The van der Waals surface area contributed by atoms with Crippen molar-refractivity contribution in [3.8, 4) is 0 Å². The molecule has 0 amide bonds. The quantitative estimate of drug-likeness (QED) is 0.838. The molecule has 1 heterocycles. The Morgan fingerprint density at radius 1 is 1.05 bits per heavy atom. The van der Waals surface area contributed by atoms with Crippen LogP contribution in [0.3, 0.4) is 0 Å². The summed E-state index contributed by atoms with van der Waals surface area (Å²) in [6.07, 6.45) is 1.62. The maximum absolute atomic E-state index is 11.9. The van der Waals surface area contributed by atoms with Crippen LogP contribution in [0.4, 0.5) is 0 Å². The molecule has 0 fully saturated rings. The fourth-order valence-electron chi connectivity index (χ4n) is 1.70. The second-order valence-electron chi connectivity index (χ2n) is 4.38. The molecule has 6 heteroatoms. The molecule has 0 bridgehead atoms. The van der Waals surface area contributed by atoms with Gasteiger partial charge < -0.3 is 5.11 Å². The predicted molar refractivity (Wildman–Crippen MR) is 76.1 cm³/mol. The zero-order valence-corrected chi connectivity index (χ0v) is 11.7. The zero-order chi connectivity index (χ0) is 14.4. The highest BCUT2D eigenvalue weighted by Crippen LogP contribution is 2.08. The molecular formula is C14H16N2O3S. The SMILES string of the molecule is O=S(=O)(Cc1ccc(CO)cc1)NCc1ccccn1. The minimum atomic E-state index is -3.40. The summed E-state index contributed by atoms with van der Waals surface area (Å²) >= 11 is 0. The van der Waals surface area contributed by atoms with Crippen molar-refractivity contribution in [3.63, 3.8) is 0 Å². The summed E-state index contributed by atoms with van der Waals surface area (Å²) in [7, 11) is -3.40. The van der Waals surface area contributed by atoms with Gasteiger partial charge >= 0.3 is 0 Å². The van der Waals surface area contributed by atoms with E-state index in [0.29, 0.717) is 11.3 Å². The number of hydrogen-bond acceptors (Lipinski definition) is 4. The van der Waals surface area contributed by atoms with Crippen molar-refractivity contribution in [2.45, 2.75) is 18.9 Å². The third-order valence-corrected chi connectivity index (χ3v) is 4.06. The van der Waals surface area contributed by atoms with Crippen LogP contribution in [0.2, 0.25) is 0 Å². The number of sulfonamides is 1. The number of nitrogens with zero attached hydrogens (tertiary/aromatic N) is 1. The molecule has 106 valence electrons. The van der Waals surface area contributed by atoms with E-state index in [1.165, 1.54) is 0 Å². The first-order valence-electron chi connectivity index (χ1n) is 6.15. The van der Waals surface area contributed by atoms with Gasteiger partial charge in [-0.2, -0.15) is 0 Å². The molecule has 1 aromatic heterocycles. The minimum Gasteiger partial charge on any atom is -0.392 e. The number of aromatic nitrogens is 1. The molecule has 0 saturated carbocycles. The van der Waals surface area contributed by atoms with E-state index in [0.717, 1.165) is 5.56 Å². The molecule has 0 aliphatic rings. The van der Waals surface area contributed by atoms with Gasteiger partial charge in [-0.3, -0.25) is 4.98 Å². The molecule has 0 spiro atoms. The van der Waals surface area contributed by atoms with Gasteiger partial charge in [0.05, 0.1) is 24.6 Å². The summed E-state index contributed by atoms with van der Waals surface area (Å²) in [6, 6.07) is 12.2. The number of pyridine rings is 1. The first-order valence-corrected chi connectivity index (χ1v) is 7.80. The Bertz CT molecular complexity index is 640. The number of rotatable bonds is 6. The maximum atomic E-state index is 11.9. The Morgan fingerprint density at radius 3 is 2.35 bits per heavy atom. The molecule has 2 aromatic rings. The van der Waals surface area contributed by atoms with Crippen LogP contribution in [0, 0.1) is 0 Å². The van der Waals surface area contributed by atoms with Gasteiger partial charge in [0, 0.05) is 6.20 Å². The highest BCUT2D eigenvalue weighted by atomic mass is 32.2. The first-order chi connectivity index (χ1) is 9.59. The van der Waals surface area contributed by atoms with Gasteiger partial charge in [-0.25, -0.2) is 13.1 Å². The molecule has 0 unspecified atom stereocenters. The average molecular weight is 292 g/mol. The van der Waals surface area contributed by atoms with E-state index in [-0.39, 0.29) is 18.9 Å². The molecule has 0 atom stereocenters. The van der Waals surface area contributed by atoms with Crippen LogP contribution in [0.1, 0.15) is 16.8 Å². The lowest BCUT2D eigenvalue weighted by Crippen LogP contribution is -2.25. The first kappa shape index (κ1) is 14.6. The van der Waals surface area contributed by atoms with Crippen LogP contribution in [-0.2, 0) is 28.9 Å². The normalized spacial score (nSPS) is 11.4. The molecule has 0 aliphatic heterocycles. The van der Waals surface area contributed by atoms with E-state index in [9.17, 15) is 8.42 Å². The molecule has 0 radical (unpaired) electrons. The predicted octanol–water partition coefficient (Wildman–Crippen LogP) is 1.19. The van der Waals surface area contributed by atoms with Crippen LogP contribution in [-0.4, -0.2) is 18.5 Å². The van der Waals surface area contributed by atoms with Gasteiger partial charge in [0.25, 0.3) is 0 Å². The molecule has 0 saturated heterocycles. The third kappa shape index (κ3) is 4.41. The maximum Gasteiger partial charge on any atom is 0.216 e. The van der Waals surface area contributed by atoms with Gasteiger partial charge in [0.15, 0.2) is 0 Å². The van der Waals surface area contributed by atoms with E-state index >= 15 is 0 Å². The Balaban J connectivity index is 1.96. The summed E-state index contributed by atoms with van der Waals surface area (Å²) in [5, 5.41) is 8.93. The second kappa shape index (κ2) is 6.60. The lowest BCUT2D eigenvalue weighted by atomic mass is 10.2.